The number of nitrogens with two attached hydrogens (primary N) is 1. The summed E-state index contributed by atoms with van der Waals surface area (Å²) in [5.74, 6) is -0.532. The van der Waals surface area contributed by atoms with E-state index in [-0.39, 0.29) is 18.7 Å². The number of benzene rings is 1. The van der Waals surface area contributed by atoms with Crippen LogP contribution >= 0.6 is 0 Å². The molecule has 0 radical (unpaired) electrons. The molecular weight excluding hydrogens is 286 g/mol. The van der Waals surface area contributed by atoms with Gasteiger partial charge in [-0.2, -0.15) is 0 Å². The van der Waals surface area contributed by atoms with Crippen LogP contribution in [0.2, 0.25) is 0 Å². The molecule has 1 heterocycles. The number of nitrogen functional groups attached to an aromatic ring is 1. The number of ether oxygens (including phenoxy) is 1. The van der Waals surface area contributed by atoms with Crippen LogP contribution in [0.5, 0.6) is 0 Å². The standard InChI is InChI=1S/C15H19N3O4/c1-22-8-6-18-9-10(15(21)17-5-7-19)14(20)13-11(16)3-2-4-12(13)18/h2-4,9,19H,5-8,16H2,1H3,(H,17,21). The van der Waals surface area contributed by atoms with Crippen molar-refractivity contribution >= 4 is 22.5 Å². The van der Waals surface area contributed by atoms with E-state index in [9.17, 15) is 9.59 Å². The van der Waals surface area contributed by atoms with Crippen LogP contribution in [0, 0.1) is 0 Å². The Balaban J connectivity index is 2.62. The number of nitrogens with one attached hydrogen (secondary N) is 1. The number of anilines is 1. The van der Waals surface area contributed by atoms with Gasteiger partial charge in [-0.3, -0.25) is 9.59 Å². The van der Waals surface area contributed by atoms with Crippen LogP contribution in [0.25, 0.3) is 10.9 Å². The number of hydrogen-bond donors (Lipinski definition) is 3. The topological polar surface area (TPSA) is 107 Å². The summed E-state index contributed by atoms with van der Waals surface area (Å²) >= 11 is 0. The molecule has 2 aromatic rings. The average molecular weight is 305 g/mol. The first kappa shape index (κ1) is 16.0. The first-order chi connectivity index (χ1) is 10.6. The van der Waals surface area contributed by atoms with E-state index in [1.807, 2.05) is 0 Å². The van der Waals surface area contributed by atoms with Gasteiger partial charge in [0.2, 0.25) is 5.43 Å². The van der Waals surface area contributed by atoms with Crippen molar-refractivity contribution in [2.45, 2.75) is 6.54 Å². The molecule has 1 amide bonds. The number of pyridine rings is 1. The molecule has 0 bridgehead atoms. The van der Waals surface area contributed by atoms with Crippen LogP contribution in [-0.2, 0) is 11.3 Å². The zero-order chi connectivity index (χ0) is 16.1. The molecule has 118 valence electrons. The van der Waals surface area contributed by atoms with Crippen molar-refractivity contribution < 1.29 is 14.6 Å². The lowest BCUT2D eigenvalue weighted by Crippen LogP contribution is -2.32. The highest BCUT2D eigenvalue weighted by atomic mass is 16.5. The van der Waals surface area contributed by atoms with E-state index in [4.69, 9.17) is 15.6 Å². The maximum absolute atomic E-state index is 12.5. The quantitative estimate of drug-likeness (QED) is 0.649. The Hall–Kier alpha value is -2.38. The van der Waals surface area contributed by atoms with Crippen molar-refractivity contribution in [3.05, 3.63) is 40.2 Å². The predicted octanol–water partition coefficient (Wildman–Crippen LogP) is -0.0478. The van der Waals surface area contributed by atoms with Gasteiger partial charge in [0.1, 0.15) is 5.56 Å². The van der Waals surface area contributed by atoms with Crippen LogP contribution in [0.4, 0.5) is 5.69 Å². The molecule has 2 rings (SSSR count). The Morgan fingerprint density at radius 3 is 2.91 bits per heavy atom. The molecular formula is C15H19N3O4. The Kier molecular flexibility index (Phi) is 5.13. The van der Waals surface area contributed by atoms with Crippen molar-refractivity contribution in [1.29, 1.82) is 0 Å². The second-order valence-corrected chi connectivity index (χ2v) is 4.78. The zero-order valence-electron chi connectivity index (χ0n) is 12.3. The van der Waals surface area contributed by atoms with Crippen molar-refractivity contribution in [3.8, 4) is 0 Å². The summed E-state index contributed by atoms with van der Waals surface area (Å²) in [7, 11) is 1.58. The minimum Gasteiger partial charge on any atom is -0.398 e. The van der Waals surface area contributed by atoms with Gasteiger partial charge in [-0.15, -0.1) is 0 Å². The van der Waals surface area contributed by atoms with E-state index in [0.717, 1.165) is 0 Å². The van der Waals surface area contributed by atoms with Gasteiger partial charge in [0.05, 0.1) is 24.1 Å². The molecule has 22 heavy (non-hydrogen) atoms. The molecule has 7 nitrogen and oxygen atoms in total. The molecule has 0 unspecified atom stereocenters. The molecule has 0 saturated carbocycles. The minimum absolute atomic E-state index is 0.00467. The van der Waals surface area contributed by atoms with Crippen molar-refractivity contribution in [2.75, 3.05) is 32.6 Å². The van der Waals surface area contributed by atoms with Gasteiger partial charge in [0.15, 0.2) is 0 Å². The van der Waals surface area contributed by atoms with Gasteiger partial charge in [0.25, 0.3) is 5.91 Å². The first-order valence-electron chi connectivity index (χ1n) is 6.89. The molecule has 4 N–H and O–H groups in total. The highest BCUT2D eigenvalue weighted by Crippen LogP contribution is 2.18. The Morgan fingerprint density at radius 1 is 1.45 bits per heavy atom. The van der Waals surface area contributed by atoms with Gasteiger partial charge in [-0.05, 0) is 12.1 Å². The van der Waals surface area contributed by atoms with Crippen LogP contribution in [0.15, 0.2) is 29.2 Å². The van der Waals surface area contributed by atoms with Crippen molar-refractivity contribution in [3.63, 3.8) is 0 Å². The third-order valence-electron chi connectivity index (χ3n) is 3.32. The molecule has 0 aliphatic heterocycles. The predicted molar refractivity (Wildman–Crippen MR) is 83.9 cm³/mol. The number of hydrogen-bond acceptors (Lipinski definition) is 5. The summed E-state index contributed by atoms with van der Waals surface area (Å²) in [6, 6.07) is 5.16. The molecule has 7 heteroatoms. The van der Waals surface area contributed by atoms with Crippen molar-refractivity contribution in [2.24, 2.45) is 0 Å². The fourth-order valence-electron chi connectivity index (χ4n) is 2.26. The molecule has 0 fully saturated rings. The Morgan fingerprint density at radius 2 is 2.23 bits per heavy atom. The maximum Gasteiger partial charge on any atom is 0.256 e. The SMILES string of the molecule is COCCn1cc(C(=O)NCCO)c(=O)c2c(N)cccc21. The monoisotopic (exact) mass is 305 g/mol. The summed E-state index contributed by atoms with van der Waals surface area (Å²) in [6.45, 7) is 0.805. The van der Waals surface area contributed by atoms with E-state index in [0.29, 0.717) is 29.7 Å². The zero-order valence-corrected chi connectivity index (χ0v) is 12.3. The van der Waals surface area contributed by atoms with Gasteiger partial charge in [-0.1, -0.05) is 6.07 Å². The van der Waals surface area contributed by atoms with Gasteiger partial charge >= 0.3 is 0 Å². The number of methoxy groups -OCH3 is 1. The van der Waals surface area contributed by atoms with E-state index < -0.39 is 11.3 Å². The fraction of sp³-hybridized carbons (Fsp3) is 0.333. The third-order valence-corrected chi connectivity index (χ3v) is 3.32. The second kappa shape index (κ2) is 7.06. The highest BCUT2D eigenvalue weighted by Gasteiger charge is 2.16. The van der Waals surface area contributed by atoms with E-state index in [1.54, 1.807) is 29.9 Å². The molecule has 0 saturated heterocycles. The minimum atomic E-state index is -0.532. The summed E-state index contributed by atoms with van der Waals surface area (Å²) in [5.41, 5.74) is 6.46. The number of carbonyl (C=O) groups excluding carboxylic acids is 1. The lowest BCUT2D eigenvalue weighted by atomic mass is 10.1. The number of aromatic nitrogens is 1. The van der Waals surface area contributed by atoms with Crippen LogP contribution in [0.3, 0.4) is 0 Å². The van der Waals surface area contributed by atoms with Crippen LogP contribution < -0.4 is 16.5 Å². The van der Waals surface area contributed by atoms with Crippen LogP contribution in [0.1, 0.15) is 10.4 Å². The number of rotatable bonds is 6. The summed E-state index contributed by atoms with van der Waals surface area (Å²) in [5, 5.41) is 11.6. The lowest BCUT2D eigenvalue weighted by molar-refractivity contribution is 0.0943. The molecule has 1 aromatic carbocycles. The van der Waals surface area contributed by atoms with Crippen molar-refractivity contribution in [1.82, 2.24) is 9.88 Å². The molecule has 0 atom stereocenters. The maximum atomic E-state index is 12.5. The largest absolute Gasteiger partial charge is 0.398 e. The Bertz CT molecular complexity index is 739. The van der Waals surface area contributed by atoms with Gasteiger partial charge in [0, 0.05) is 32.1 Å². The third kappa shape index (κ3) is 3.10. The number of carbonyl (C=O) groups is 1. The summed E-state index contributed by atoms with van der Waals surface area (Å²) in [4.78, 5) is 24.6. The molecule has 1 aromatic heterocycles. The van der Waals surface area contributed by atoms with Gasteiger partial charge < -0.3 is 25.5 Å². The second-order valence-electron chi connectivity index (χ2n) is 4.78. The number of nitrogens with zero attached hydrogens (tertiary/aromatic N) is 1. The smallest absolute Gasteiger partial charge is 0.256 e. The Labute approximate surface area is 127 Å². The highest BCUT2D eigenvalue weighted by molar-refractivity contribution is 6.00. The number of aliphatic hydroxyl groups excluding tert-OH is 1. The normalized spacial score (nSPS) is 10.8. The first-order valence-corrected chi connectivity index (χ1v) is 6.89. The molecule has 0 spiro atoms. The van der Waals surface area contributed by atoms with E-state index >= 15 is 0 Å². The molecule has 0 aliphatic rings. The average Bonchev–Trinajstić information content (AvgIpc) is 2.52. The van der Waals surface area contributed by atoms with E-state index in [2.05, 4.69) is 5.32 Å². The number of amides is 1. The van der Waals surface area contributed by atoms with E-state index in [1.165, 1.54) is 6.20 Å². The van der Waals surface area contributed by atoms with Crippen LogP contribution in [-0.4, -0.2) is 42.4 Å². The summed E-state index contributed by atoms with van der Waals surface area (Å²) in [6.07, 6.45) is 1.50. The lowest BCUT2D eigenvalue weighted by Gasteiger charge is -2.14. The summed E-state index contributed by atoms with van der Waals surface area (Å²) < 4.78 is 6.82. The fourth-order valence-corrected chi connectivity index (χ4v) is 2.26. The number of aliphatic hydroxyl groups is 1. The number of fused-ring (bicyclic) bond motifs is 1. The van der Waals surface area contributed by atoms with Gasteiger partial charge in [-0.25, -0.2) is 0 Å². The molecule has 0 aliphatic carbocycles.